The van der Waals surface area contributed by atoms with Crippen LogP contribution in [0.15, 0.2) is 72.8 Å². The van der Waals surface area contributed by atoms with Gasteiger partial charge in [0, 0.05) is 25.2 Å². The first-order valence-corrected chi connectivity index (χ1v) is 10.4. The maximum absolute atomic E-state index is 13.1. The van der Waals surface area contributed by atoms with Gasteiger partial charge in [-0.3, -0.25) is 9.59 Å². The Morgan fingerprint density at radius 1 is 0.935 bits per heavy atom. The van der Waals surface area contributed by atoms with Crippen LogP contribution < -0.4 is 4.74 Å². The summed E-state index contributed by atoms with van der Waals surface area (Å²) in [6.07, 6.45) is 0. The van der Waals surface area contributed by atoms with Gasteiger partial charge in [-0.1, -0.05) is 54.1 Å². The van der Waals surface area contributed by atoms with Gasteiger partial charge in [0.1, 0.15) is 12.3 Å². The molecular formula is C26H26N2O3. The lowest BCUT2D eigenvalue weighted by molar-refractivity contribution is -0.135. The molecule has 1 fully saturated rings. The Bertz CT molecular complexity index is 1110. The SMILES string of the molecule is COc1cccc(CN2CCN(C(=O)c3cccc(-c4cccc(C)c4)c3)CC2=O)c1. The van der Waals surface area contributed by atoms with Crippen molar-refractivity contribution in [3.63, 3.8) is 0 Å². The van der Waals surface area contributed by atoms with E-state index in [4.69, 9.17) is 4.74 Å². The molecule has 0 bridgehead atoms. The summed E-state index contributed by atoms with van der Waals surface area (Å²) in [6.45, 7) is 3.69. The normalized spacial score (nSPS) is 13.9. The van der Waals surface area contributed by atoms with E-state index in [0.717, 1.165) is 22.4 Å². The largest absolute Gasteiger partial charge is 0.497 e. The standard InChI is InChI=1S/C26H26N2O3/c1-19-6-3-8-21(14-19)22-9-5-10-23(16-22)26(30)28-13-12-27(25(29)18-28)17-20-7-4-11-24(15-20)31-2/h3-11,14-16H,12-13,17-18H2,1-2H3. The summed E-state index contributed by atoms with van der Waals surface area (Å²) in [7, 11) is 1.63. The number of piperazine rings is 1. The van der Waals surface area contributed by atoms with Crippen molar-refractivity contribution in [1.82, 2.24) is 9.80 Å². The first-order valence-electron chi connectivity index (χ1n) is 10.4. The van der Waals surface area contributed by atoms with E-state index in [1.165, 1.54) is 5.56 Å². The summed E-state index contributed by atoms with van der Waals surface area (Å²) >= 11 is 0. The summed E-state index contributed by atoms with van der Waals surface area (Å²) in [5.74, 6) is 0.619. The van der Waals surface area contributed by atoms with Crippen molar-refractivity contribution in [2.24, 2.45) is 0 Å². The maximum atomic E-state index is 13.1. The zero-order chi connectivity index (χ0) is 21.8. The van der Waals surface area contributed by atoms with Gasteiger partial charge < -0.3 is 14.5 Å². The number of methoxy groups -OCH3 is 1. The fourth-order valence-corrected chi connectivity index (χ4v) is 3.88. The number of benzene rings is 3. The van der Waals surface area contributed by atoms with Crippen LogP contribution in [0.4, 0.5) is 0 Å². The van der Waals surface area contributed by atoms with Gasteiger partial charge >= 0.3 is 0 Å². The summed E-state index contributed by atoms with van der Waals surface area (Å²) in [4.78, 5) is 29.2. The topological polar surface area (TPSA) is 49.9 Å². The first-order chi connectivity index (χ1) is 15.0. The highest BCUT2D eigenvalue weighted by Gasteiger charge is 2.28. The van der Waals surface area contributed by atoms with E-state index >= 15 is 0 Å². The van der Waals surface area contributed by atoms with E-state index in [2.05, 4.69) is 19.1 Å². The molecule has 0 unspecified atom stereocenters. The van der Waals surface area contributed by atoms with Crippen LogP contribution >= 0.6 is 0 Å². The molecule has 0 radical (unpaired) electrons. The van der Waals surface area contributed by atoms with Gasteiger partial charge in [-0.25, -0.2) is 0 Å². The zero-order valence-electron chi connectivity index (χ0n) is 17.9. The van der Waals surface area contributed by atoms with Crippen molar-refractivity contribution >= 4 is 11.8 Å². The second-order valence-electron chi connectivity index (χ2n) is 7.84. The molecule has 1 saturated heterocycles. The third kappa shape index (κ3) is 4.77. The average Bonchev–Trinajstić information content (AvgIpc) is 2.80. The van der Waals surface area contributed by atoms with Crippen molar-refractivity contribution < 1.29 is 14.3 Å². The van der Waals surface area contributed by atoms with Crippen LogP contribution in [0, 0.1) is 6.92 Å². The first kappa shape index (κ1) is 20.7. The molecule has 1 aliphatic rings. The summed E-state index contributed by atoms with van der Waals surface area (Å²) < 4.78 is 5.26. The van der Waals surface area contributed by atoms with E-state index in [1.54, 1.807) is 16.9 Å². The smallest absolute Gasteiger partial charge is 0.254 e. The summed E-state index contributed by atoms with van der Waals surface area (Å²) in [6, 6.07) is 23.5. The number of nitrogens with zero attached hydrogens (tertiary/aromatic N) is 2. The van der Waals surface area contributed by atoms with E-state index in [9.17, 15) is 9.59 Å². The van der Waals surface area contributed by atoms with Gasteiger partial charge in [-0.15, -0.1) is 0 Å². The van der Waals surface area contributed by atoms with Gasteiger partial charge in [-0.2, -0.15) is 0 Å². The van der Waals surface area contributed by atoms with Crippen molar-refractivity contribution in [3.8, 4) is 16.9 Å². The van der Waals surface area contributed by atoms with Crippen molar-refractivity contribution in [2.75, 3.05) is 26.7 Å². The number of amides is 2. The molecule has 3 aromatic rings. The molecule has 31 heavy (non-hydrogen) atoms. The second kappa shape index (κ2) is 9.04. The van der Waals surface area contributed by atoms with Crippen molar-refractivity contribution in [3.05, 3.63) is 89.5 Å². The van der Waals surface area contributed by atoms with Gasteiger partial charge in [0.15, 0.2) is 0 Å². The van der Waals surface area contributed by atoms with E-state index in [-0.39, 0.29) is 18.4 Å². The number of rotatable bonds is 5. The van der Waals surface area contributed by atoms with Crippen LogP contribution in [0.25, 0.3) is 11.1 Å². The Morgan fingerprint density at radius 2 is 1.68 bits per heavy atom. The van der Waals surface area contributed by atoms with Crippen LogP contribution in [0.1, 0.15) is 21.5 Å². The predicted molar refractivity (Wildman–Crippen MR) is 121 cm³/mol. The van der Waals surface area contributed by atoms with Crippen molar-refractivity contribution in [2.45, 2.75) is 13.5 Å². The number of hydrogen-bond acceptors (Lipinski definition) is 3. The molecule has 0 aliphatic carbocycles. The molecule has 5 heteroatoms. The molecule has 1 heterocycles. The molecule has 0 atom stereocenters. The molecule has 0 saturated carbocycles. The van der Waals surface area contributed by atoms with Crippen LogP contribution in [0.3, 0.4) is 0 Å². The number of aryl methyl sites for hydroxylation is 1. The molecular weight excluding hydrogens is 388 g/mol. The summed E-state index contributed by atoms with van der Waals surface area (Å²) in [5.41, 5.74) is 4.87. The highest BCUT2D eigenvalue weighted by molar-refractivity contribution is 5.98. The van der Waals surface area contributed by atoms with Crippen LogP contribution in [-0.4, -0.2) is 48.4 Å². The minimum Gasteiger partial charge on any atom is -0.497 e. The third-order valence-electron chi connectivity index (χ3n) is 5.57. The quantitative estimate of drug-likeness (QED) is 0.630. The lowest BCUT2D eigenvalue weighted by Gasteiger charge is -2.34. The van der Waals surface area contributed by atoms with Crippen molar-refractivity contribution in [1.29, 1.82) is 0 Å². The lowest BCUT2D eigenvalue weighted by atomic mass is 10.0. The number of carbonyl (C=O) groups excluding carboxylic acids is 2. The van der Waals surface area contributed by atoms with Crippen LogP contribution in [0.5, 0.6) is 5.75 Å². The molecule has 5 nitrogen and oxygen atoms in total. The minimum atomic E-state index is -0.108. The zero-order valence-corrected chi connectivity index (χ0v) is 17.9. The maximum Gasteiger partial charge on any atom is 0.254 e. The average molecular weight is 415 g/mol. The molecule has 158 valence electrons. The second-order valence-corrected chi connectivity index (χ2v) is 7.84. The fourth-order valence-electron chi connectivity index (χ4n) is 3.88. The number of ether oxygens (including phenoxy) is 1. The van der Waals surface area contributed by atoms with Crippen LogP contribution in [0.2, 0.25) is 0 Å². The highest BCUT2D eigenvalue weighted by atomic mass is 16.5. The number of hydrogen-bond donors (Lipinski definition) is 0. The predicted octanol–water partition coefficient (Wildman–Crippen LogP) is 4.16. The molecule has 3 aromatic carbocycles. The van der Waals surface area contributed by atoms with Gasteiger partial charge in [0.25, 0.3) is 5.91 Å². The lowest BCUT2D eigenvalue weighted by Crippen LogP contribution is -2.51. The fraction of sp³-hybridized carbons (Fsp3) is 0.231. The van der Waals surface area contributed by atoms with E-state index in [0.29, 0.717) is 25.2 Å². The monoisotopic (exact) mass is 414 g/mol. The molecule has 0 aromatic heterocycles. The highest BCUT2D eigenvalue weighted by Crippen LogP contribution is 2.23. The third-order valence-corrected chi connectivity index (χ3v) is 5.57. The van der Waals surface area contributed by atoms with Gasteiger partial charge in [0.2, 0.25) is 5.91 Å². The Labute approximate surface area is 182 Å². The Kier molecular flexibility index (Phi) is 6.03. The number of carbonyl (C=O) groups is 2. The molecule has 4 rings (SSSR count). The Hall–Kier alpha value is -3.60. The molecule has 0 spiro atoms. The molecule has 2 amide bonds. The van der Waals surface area contributed by atoms with E-state index in [1.807, 2.05) is 60.7 Å². The summed E-state index contributed by atoms with van der Waals surface area (Å²) in [5, 5.41) is 0. The van der Waals surface area contributed by atoms with Crippen LogP contribution in [-0.2, 0) is 11.3 Å². The Balaban J connectivity index is 1.44. The van der Waals surface area contributed by atoms with Gasteiger partial charge in [0.05, 0.1) is 7.11 Å². The van der Waals surface area contributed by atoms with Gasteiger partial charge in [-0.05, 0) is 47.9 Å². The van der Waals surface area contributed by atoms with E-state index < -0.39 is 0 Å². The molecule has 1 aliphatic heterocycles. The molecule has 0 N–H and O–H groups in total. The minimum absolute atomic E-state index is 0.0442. The Morgan fingerprint density at radius 3 is 2.42 bits per heavy atom.